The number of thiocarbonyl (C=S) groups is 1. The van der Waals surface area contributed by atoms with Crippen LogP contribution in [0.2, 0.25) is 0 Å². The molecule has 98 valence electrons. The topological polar surface area (TPSA) is 55.6 Å². The molecule has 0 aromatic heterocycles. The molecular formula is C13H18N2O2S. The van der Waals surface area contributed by atoms with Crippen LogP contribution in [0.5, 0.6) is 5.75 Å². The van der Waals surface area contributed by atoms with Gasteiger partial charge in [0, 0.05) is 13.6 Å². The predicted octanol–water partition coefficient (Wildman–Crippen LogP) is 1.58. The van der Waals surface area contributed by atoms with E-state index < -0.39 is 5.92 Å². The molecule has 4 nitrogen and oxygen atoms in total. The van der Waals surface area contributed by atoms with Gasteiger partial charge in [0.1, 0.15) is 5.75 Å². The fourth-order valence-corrected chi connectivity index (χ4v) is 1.64. The zero-order valence-corrected chi connectivity index (χ0v) is 11.7. The van der Waals surface area contributed by atoms with Crippen molar-refractivity contribution >= 4 is 23.1 Å². The first-order chi connectivity index (χ1) is 8.45. The minimum Gasteiger partial charge on any atom is -0.497 e. The average molecular weight is 266 g/mol. The first-order valence-corrected chi connectivity index (χ1v) is 6.03. The van der Waals surface area contributed by atoms with E-state index in [4.69, 9.17) is 22.7 Å². The summed E-state index contributed by atoms with van der Waals surface area (Å²) in [6.45, 7) is 2.24. The van der Waals surface area contributed by atoms with Crippen LogP contribution >= 0.6 is 12.2 Å². The standard InChI is InChI=1S/C13H18N2O2S/c1-9(12(14)18)13(16)15(2)8-10-4-6-11(17-3)7-5-10/h4-7,9H,8H2,1-3H3,(H2,14,18). The summed E-state index contributed by atoms with van der Waals surface area (Å²) >= 11 is 4.82. The number of carbonyl (C=O) groups excluding carboxylic acids is 1. The van der Waals surface area contributed by atoms with E-state index in [-0.39, 0.29) is 10.9 Å². The van der Waals surface area contributed by atoms with Crippen LogP contribution in [0.15, 0.2) is 24.3 Å². The Morgan fingerprint density at radius 3 is 2.44 bits per heavy atom. The molecule has 0 radical (unpaired) electrons. The first-order valence-electron chi connectivity index (χ1n) is 5.63. The number of benzene rings is 1. The minimum atomic E-state index is -0.428. The fourth-order valence-electron chi connectivity index (χ4n) is 1.54. The summed E-state index contributed by atoms with van der Waals surface area (Å²) < 4.78 is 5.08. The summed E-state index contributed by atoms with van der Waals surface area (Å²) in [5.41, 5.74) is 6.50. The second-order valence-corrected chi connectivity index (χ2v) is 4.64. The highest BCUT2D eigenvalue weighted by Gasteiger charge is 2.19. The molecule has 5 heteroatoms. The van der Waals surface area contributed by atoms with Crippen molar-refractivity contribution in [3.8, 4) is 5.75 Å². The molecule has 0 aliphatic rings. The second kappa shape index (κ2) is 6.35. The van der Waals surface area contributed by atoms with Crippen LogP contribution in [0.3, 0.4) is 0 Å². The van der Waals surface area contributed by atoms with Crippen molar-refractivity contribution in [1.29, 1.82) is 0 Å². The highest BCUT2D eigenvalue weighted by atomic mass is 32.1. The number of hydrogen-bond donors (Lipinski definition) is 1. The van der Waals surface area contributed by atoms with E-state index in [0.29, 0.717) is 6.54 Å². The monoisotopic (exact) mass is 266 g/mol. The van der Waals surface area contributed by atoms with E-state index >= 15 is 0 Å². The van der Waals surface area contributed by atoms with E-state index in [1.54, 1.807) is 26.0 Å². The van der Waals surface area contributed by atoms with Gasteiger partial charge >= 0.3 is 0 Å². The Balaban J connectivity index is 2.66. The fraction of sp³-hybridized carbons (Fsp3) is 0.385. The van der Waals surface area contributed by atoms with Gasteiger partial charge in [-0.15, -0.1) is 0 Å². The molecule has 0 fully saturated rings. The molecule has 0 heterocycles. The summed E-state index contributed by atoms with van der Waals surface area (Å²) in [7, 11) is 3.36. The van der Waals surface area contributed by atoms with E-state index in [9.17, 15) is 4.79 Å². The third-order valence-corrected chi connectivity index (χ3v) is 3.11. The number of ether oxygens (including phenoxy) is 1. The number of carbonyl (C=O) groups is 1. The number of rotatable bonds is 5. The van der Waals surface area contributed by atoms with Crippen molar-refractivity contribution < 1.29 is 9.53 Å². The molecule has 0 bridgehead atoms. The molecule has 1 amide bonds. The molecule has 0 saturated carbocycles. The quantitative estimate of drug-likeness (QED) is 0.822. The summed E-state index contributed by atoms with van der Waals surface area (Å²) in [6, 6.07) is 7.58. The summed E-state index contributed by atoms with van der Waals surface area (Å²) in [4.78, 5) is 13.8. The van der Waals surface area contributed by atoms with E-state index in [0.717, 1.165) is 11.3 Å². The number of hydrogen-bond acceptors (Lipinski definition) is 3. The third-order valence-electron chi connectivity index (χ3n) is 2.75. The summed E-state index contributed by atoms with van der Waals surface area (Å²) in [5.74, 6) is 0.297. The van der Waals surface area contributed by atoms with Crippen molar-refractivity contribution in [1.82, 2.24) is 4.90 Å². The second-order valence-electron chi connectivity index (χ2n) is 4.17. The van der Waals surface area contributed by atoms with Gasteiger partial charge in [-0.25, -0.2) is 0 Å². The molecule has 1 rings (SSSR count). The minimum absolute atomic E-state index is 0.0710. The lowest BCUT2D eigenvalue weighted by Gasteiger charge is -2.21. The number of nitrogens with two attached hydrogens (primary N) is 1. The van der Waals surface area contributed by atoms with Crippen LogP contribution in [0, 0.1) is 5.92 Å². The molecule has 0 spiro atoms. The van der Waals surface area contributed by atoms with E-state index in [1.165, 1.54) is 0 Å². The van der Waals surface area contributed by atoms with Gasteiger partial charge in [0.25, 0.3) is 0 Å². The molecule has 1 unspecified atom stereocenters. The Kier molecular flexibility index (Phi) is 5.09. The Bertz CT molecular complexity index is 431. The Morgan fingerprint density at radius 1 is 1.44 bits per heavy atom. The van der Waals surface area contributed by atoms with Gasteiger partial charge in [-0.3, -0.25) is 4.79 Å². The Labute approximate surface area is 113 Å². The Hall–Kier alpha value is -1.62. The lowest BCUT2D eigenvalue weighted by Crippen LogP contribution is -2.37. The van der Waals surface area contributed by atoms with Crippen LogP contribution in [0.4, 0.5) is 0 Å². The molecule has 18 heavy (non-hydrogen) atoms. The van der Waals surface area contributed by atoms with Gasteiger partial charge in [-0.05, 0) is 24.6 Å². The first kappa shape index (κ1) is 14.4. The van der Waals surface area contributed by atoms with E-state index in [1.807, 2.05) is 24.3 Å². The smallest absolute Gasteiger partial charge is 0.232 e. The molecule has 0 saturated heterocycles. The lowest BCUT2D eigenvalue weighted by atomic mass is 10.1. The molecule has 1 aromatic carbocycles. The van der Waals surface area contributed by atoms with Gasteiger partial charge in [0.2, 0.25) is 5.91 Å². The zero-order valence-electron chi connectivity index (χ0n) is 10.8. The van der Waals surface area contributed by atoms with Crippen LogP contribution in [-0.4, -0.2) is 30.0 Å². The van der Waals surface area contributed by atoms with Crippen LogP contribution in [0.1, 0.15) is 12.5 Å². The molecule has 1 atom stereocenters. The summed E-state index contributed by atoms with van der Waals surface area (Å²) in [6.07, 6.45) is 0. The van der Waals surface area contributed by atoms with Crippen molar-refractivity contribution in [3.05, 3.63) is 29.8 Å². The largest absolute Gasteiger partial charge is 0.497 e. The van der Waals surface area contributed by atoms with Crippen LogP contribution in [0.25, 0.3) is 0 Å². The van der Waals surface area contributed by atoms with Gasteiger partial charge in [0.05, 0.1) is 18.0 Å². The molecule has 0 aliphatic carbocycles. The molecule has 0 aliphatic heterocycles. The van der Waals surface area contributed by atoms with Gasteiger partial charge in [0.15, 0.2) is 0 Å². The molecular weight excluding hydrogens is 248 g/mol. The van der Waals surface area contributed by atoms with Crippen molar-refractivity contribution in [3.63, 3.8) is 0 Å². The van der Waals surface area contributed by atoms with E-state index in [2.05, 4.69) is 0 Å². The zero-order chi connectivity index (χ0) is 13.7. The van der Waals surface area contributed by atoms with Crippen LogP contribution in [-0.2, 0) is 11.3 Å². The van der Waals surface area contributed by atoms with Gasteiger partial charge in [-0.2, -0.15) is 0 Å². The lowest BCUT2D eigenvalue weighted by molar-refractivity contribution is -0.132. The maximum Gasteiger partial charge on any atom is 0.232 e. The average Bonchev–Trinajstić information content (AvgIpc) is 2.37. The van der Waals surface area contributed by atoms with Crippen molar-refractivity contribution in [2.45, 2.75) is 13.5 Å². The Morgan fingerprint density at radius 2 is 2.00 bits per heavy atom. The predicted molar refractivity (Wildman–Crippen MR) is 75.4 cm³/mol. The van der Waals surface area contributed by atoms with Gasteiger partial charge in [-0.1, -0.05) is 24.4 Å². The number of amides is 1. The maximum atomic E-state index is 11.9. The highest BCUT2D eigenvalue weighted by molar-refractivity contribution is 7.80. The van der Waals surface area contributed by atoms with Crippen molar-refractivity contribution in [2.24, 2.45) is 11.7 Å². The SMILES string of the molecule is COc1ccc(CN(C)C(=O)C(C)C(N)=S)cc1. The number of methoxy groups -OCH3 is 1. The van der Waals surface area contributed by atoms with Gasteiger partial charge < -0.3 is 15.4 Å². The van der Waals surface area contributed by atoms with Crippen LogP contribution < -0.4 is 10.5 Å². The third kappa shape index (κ3) is 3.70. The molecule has 2 N–H and O–H groups in total. The van der Waals surface area contributed by atoms with Crippen molar-refractivity contribution in [2.75, 3.05) is 14.2 Å². The highest BCUT2D eigenvalue weighted by Crippen LogP contribution is 2.13. The summed E-state index contributed by atoms with van der Waals surface area (Å²) in [5, 5.41) is 0. The maximum absolute atomic E-state index is 11.9. The number of nitrogens with zero attached hydrogens (tertiary/aromatic N) is 1. The normalized spacial score (nSPS) is 11.7. The molecule has 1 aromatic rings.